The van der Waals surface area contributed by atoms with Crippen molar-refractivity contribution in [3.05, 3.63) is 243 Å². The maximum absolute atomic E-state index is 2.65. The summed E-state index contributed by atoms with van der Waals surface area (Å²) in [5, 5.41) is 5.13. The third kappa shape index (κ3) is 4.88. The average Bonchev–Trinajstić information content (AvgIpc) is 4.00. The summed E-state index contributed by atoms with van der Waals surface area (Å²) in [6, 6.07) is 91.0. The number of hydrogen-bond acceptors (Lipinski definition) is 2. The quantitative estimate of drug-likeness (QED) is 0.164. The van der Waals surface area contributed by atoms with Crippen molar-refractivity contribution < 1.29 is 0 Å². The summed E-state index contributed by atoms with van der Waals surface area (Å²) in [4.78, 5) is 5.06. The van der Waals surface area contributed by atoms with Crippen LogP contribution in [0.2, 0.25) is 0 Å². The Balaban J connectivity index is 1.07. The van der Waals surface area contributed by atoms with E-state index in [9.17, 15) is 0 Å². The fourth-order valence-corrected chi connectivity index (χ4v) is 13.7. The van der Waals surface area contributed by atoms with E-state index in [0.29, 0.717) is 0 Å². The molecule has 11 aromatic carbocycles. The Bertz CT molecular complexity index is 4180. The van der Waals surface area contributed by atoms with E-state index < -0.39 is 0 Å². The highest BCUT2D eigenvalue weighted by molar-refractivity contribution is 7.03. The van der Waals surface area contributed by atoms with Crippen LogP contribution in [0.3, 0.4) is 0 Å². The first-order valence-corrected chi connectivity index (χ1v) is 25.2. The van der Waals surface area contributed by atoms with Crippen molar-refractivity contribution in [2.24, 2.45) is 0 Å². The van der Waals surface area contributed by atoms with E-state index in [4.69, 9.17) is 0 Å². The van der Waals surface area contributed by atoms with Crippen LogP contribution in [0.4, 0.5) is 34.1 Å². The van der Waals surface area contributed by atoms with Gasteiger partial charge in [0, 0.05) is 67.0 Å². The van der Waals surface area contributed by atoms with Gasteiger partial charge >= 0.3 is 0 Å². The van der Waals surface area contributed by atoms with Gasteiger partial charge in [0.15, 0.2) is 0 Å². The van der Waals surface area contributed by atoms with Crippen molar-refractivity contribution in [2.45, 2.75) is 0 Å². The standard InChI is InChI=1S/C66H40B2N4/c1-5-21-41(22-6-1)47-37-59-63-65-61(47)45-29-13-17-33-53(45)71(65)57-40-58-52(39-51(57)67(63)49-31-15-19-35-55(49)69(59)43-25-9-3-10-26-43)68-50-32-16-20-36-56(50)70(44-27-11-4-12-28-44)60-38-48(42-23-7-2-8-24-42)62-46-30-14-18-34-54(46)72(58)66(62)64(60)68/h1-40H. The number of aromatic nitrogens is 2. The molecule has 6 heterocycles. The Morgan fingerprint density at radius 2 is 0.653 bits per heavy atom. The summed E-state index contributed by atoms with van der Waals surface area (Å²) in [5.74, 6) is 0. The molecule has 0 spiro atoms. The van der Waals surface area contributed by atoms with E-state index in [1.807, 2.05) is 0 Å². The SMILES string of the molecule is c1ccc(-c2cc3c4c5c2c2ccccc2n5-c2cc5c(cc2B4c2ccccc2N3c2ccccc2)B2c3ccccc3N(c3ccccc3)c3cc(-c4ccccc4)c4c6ccccc6n-5c4c32)cc1. The number of hydrogen-bond donors (Lipinski definition) is 0. The van der Waals surface area contributed by atoms with Gasteiger partial charge in [-0.05, 0) is 122 Å². The van der Waals surface area contributed by atoms with Crippen LogP contribution in [0.15, 0.2) is 243 Å². The monoisotopic (exact) mass is 910 g/mol. The van der Waals surface area contributed by atoms with Crippen LogP contribution in [0.1, 0.15) is 0 Å². The number of rotatable bonds is 4. The van der Waals surface area contributed by atoms with Crippen molar-refractivity contribution in [2.75, 3.05) is 9.80 Å². The van der Waals surface area contributed by atoms with Crippen LogP contribution in [0.5, 0.6) is 0 Å². The second-order valence-corrected chi connectivity index (χ2v) is 19.9. The molecule has 4 nitrogen and oxygen atoms in total. The molecule has 6 heteroatoms. The molecular weight excluding hydrogens is 870 g/mol. The lowest BCUT2D eigenvalue weighted by Crippen LogP contribution is -2.64. The molecule has 4 aliphatic rings. The summed E-state index contributed by atoms with van der Waals surface area (Å²) < 4.78 is 5.30. The fourth-order valence-electron chi connectivity index (χ4n) is 13.7. The Kier molecular flexibility index (Phi) is 7.60. The molecule has 0 amide bonds. The molecule has 0 saturated heterocycles. The van der Waals surface area contributed by atoms with Crippen molar-refractivity contribution >= 4 is 124 Å². The molecule has 0 bridgehead atoms. The Morgan fingerprint density at radius 1 is 0.278 bits per heavy atom. The van der Waals surface area contributed by atoms with E-state index in [2.05, 4.69) is 262 Å². The Labute approximate surface area is 417 Å². The first kappa shape index (κ1) is 38.6. The van der Waals surface area contributed by atoms with Gasteiger partial charge in [0.1, 0.15) is 0 Å². The van der Waals surface area contributed by atoms with Gasteiger partial charge in [-0.3, -0.25) is 0 Å². The number of benzene rings is 11. The molecule has 0 radical (unpaired) electrons. The lowest BCUT2D eigenvalue weighted by Gasteiger charge is -2.42. The van der Waals surface area contributed by atoms with Crippen LogP contribution in [0, 0.1) is 0 Å². The summed E-state index contributed by atoms with van der Waals surface area (Å²) in [7, 11) is 0. The summed E-state index contributed by atoms with van der Waals surface area (Å²) in [6.07, 6.45) is 0. The highest BCUT2D eigenvalue weighted by Crippen LogP contribution is 2.49. The van der Waals surface area contributed by atoms with Crippen molar-refractivity contribution in [1.29, 1.82) is 0 Å². The second-order valence-electron chi connectivity index (χ2n) is 19.9. The minimum Gasteiger partial charge on any atom is -0.311 e. The summed E-state index contributed by atoms with van der Waals surface area (Å²) in [6.45, 7) is -0.0778. The van der Waals surface area contributed by atoms with Gasteiger partial charge in [0.25, 0.3) is 13.4 Å². The zero-order valence-electron chi connectivity index (χ0n) is 39.0. The smallest absolute Gasteiger partial charge is 0.252 e. The van der Waals surface area contributed by atoms with Crippen LogP contribution in [-0.2, 0) is 0 Å². The van der Waals surface area contributed by atoms with Gasteiger partial charge in [0.05, 0.1) is 22.1 Å². The first-order valence-electron chi connectivity index (χ1n) is 25.2. The molecule has 330 valence electrons. The van der Waals surface area contributed by atoms with Crippen molar-refractivity contribution in [3.8, 4) is 33.6 Å². The van der Waals surface area contributed by atoms with E-state index >= 15 is 0 Å². The molecular formula is C66H40B2N4. The molecule has 0 atom stereocenters. The van der Waals surface area contributed by atoms with Crippen molar-refractivity contribution in [1.82, 2.24) is 9.13 Å². The maximum Gasteiger partial charge on any atom is 0.252 e. The molecule has 0 saturated carbocycles. The lowest BCUT2D eigenvalue weighted by molar-refractivity contribution is 1.14. The van der Waals surface area contributed by atoms with E-state index in [1.54, 1.807) is 0 Å². The topological polar surface area (TPSA) is 16.3 Å². The van der Waals surface area contributed by atoms with Gasteiger partial charge in [0.2, 0.25) is 0 Å². The molecule has 17 rings (SSSR count). The zero-order valence-corrected chi connectivity index (χ0v) is 39.0. The van der Waals surface area contributed by atoms with Crippen LogP contribution in [0.25, 0.3) is 77.2 Å². The number of fused-ring (bicyclic) bond motifs is 16. The van der Waals surface area contributed by atoms with Crippen LogP contribution in [-0.4, -0.2) is 22.6 Å². The molecule has 72 heavy (non-hydrogen) atoms. The molecule has 2 aromatic heterocycles. The number of para-hydroxylation sites is 6. The predicted octanol–water partition coefficient (Wildman–Crippen LogP) is 12.4. The predicted molar refractivity (Wildman–Crippen MR) is 305 cm³/mol. The molecule has 0 N–H and O–H groups in total. The number of nitrogens with zero attached hydrogens (tertiary/aromatic N) is 4. The third-order valence-corrected chi connectivity index (χ3v) is 16.4. The third-order valence-electron chi connectivity index (χ3n) is 16.4. The Morgan fingerprint density at radius 3 is 1.10 bits per heavy atom. The van der Waals surface area contributed by atoms with E-state index in [-0.39, 0.29) is 13.4 Å². The van der Waals surface area contributed by atoms with Gasteiger partial charge in [-0.15, -0.1) is 0 Å². The summed E-state index contributed by atoms with van der Waals surface area (Å²) in [5.41, 5.74) is 27.6. The molecule has 4 aliphatic heterocycles. The first-order chi connectivity index (χ1) is 35.8. The normalized spacial score (nSPS) is 13.4. The molecule has 0 aliphatic carbocycles. The van der Waals surface area contributed by atoms with E-state index in [1.165, 1.54) is 133 Å². The molecule has 13 aromatic rings. The van der Waals surface area contributed by atoms with Gasteiger partial charge in [-0.25, -0.2) is 0 Å². The highest BCUT2D eigenvalue weighted by Gasteiger charge is 2.47. The van der Waals surface area contributed by atoms with Crippen molar-refractivity contribution in [3.63, 3.8) is 0 Å². The number of anilines is 6. The van der Waals surface area contributed by atoms with E-state index in [0.717, 1.165) is 11.4 Å². The van der Waals surface area contributed by atoms with Crippen LogP contribution < -0.4 is 42.6 Å². The minimum atomic E-state index is -0.0389. The maximum atomic E-state index is 2.65. The minimum absolute atomic E-state index is 0.0389. The largest absolute Gasteiger partial charge is 0.311 e. The fraction of sp³-hybridized carbons (Fsp3) is 0. The average molecular weight is 911 g/mol. The summed E-state index contributed by atoms with van der Waals surface area (Å²) >= 11 is 0. The Hall–Kier alpha value is -9.25. The highest BCUT2D eigenvalue weighted by atomic mass is 15.2. The molecule has 0 unspecified atom stereocenters. The van der Waals surface area contributed by atoms with Gasteiger partial charge < -0.3 is 18.9 Å². The van der Waals surface area contributed by atoms with Gasteiger partial charge in [-0.1, -0.05) is 176 Å². The lowest BCUT2D eigenvalue weighted by atomic mass is 9.30. The van der Waals surface area contributed by atoms with Gasteiger partial charge in [-0.2, -0.15) is 0 Å². The molecule has 0 fully saturated rings. The second kappa shape index (κ2) is 14.2. The van der Waals surface area contributed by atoms with Crippen LogP contribution >= 0.6 is 0 Å². The zero-order chi connectivity index (χ0) is 46.8.